The van der Waals surface area contributed by atoms with Gasteiger partial charge in [-0.3, -0.25) is 4.79 Å². The third-order valence-corrected chi connectivity index (χ3v) is 3.97. The predicted octanol–water partition coefficient (Wildman–Crippen LogP) is 4.13. The quantitative estimate of drug-likeness (QED) is 0.630. The molecule has 2 aromatic carbocycles. The molecule has 0 atom stereocenters. The van der Waals surface area contributed by atoms with Crippen LogP contribution in [0.5, 0.6) is 11.5 Å². The lowest BCUT2D eigenvalue weighted by atomic mass is 10.1. The SMILES string of the molecule is COc1cc(C=CC(=O)c2ccc(N(C)C)cc2)cc(Br)c1O. The van der Waals surface area contributed by atoms with Gasteiger partial charge < -0.3 is 14.7 Å². The number of phenolic OH excluding ortho intramolecular Hbond substituents is 1. The Balaban J connectivity index is 2.19. The minimum atomic E-state index is -0.0847. The average molecular weight is 376 g/mol. The molecule has 0 heterocycles. The topological polar surface area (TPSA) is 49.8 Å². The van der Waals surface area contributed by atoms with Gasteiger partial charge in [0.15, 0.2) is 17.3 Å². The fourth-order valence-electron chi connectivity index (χ4n) is 2.04. The molecule has 2 aromatic rings. The lowest BCUT2D eigenvalue weighted by molar-refractivity contribution is 0.104. The van der Waals surface area contributed by atoms with Crippen LogP contribution in [0.3, 0.4) is 0 Å². The first-order chi connectivity index (χ1) is 10.9. The van der Waals surface area contributed by atoms with Gasteiger partial charge in [-0.25, -0.2) is 0 Å². The minimum absolute atomic E-state index is 0.0373. The molecule has 0 radical (unpaired) electrons. The fraction of sp³-hybridized carbons (Fsp3) is 0.167. The summed E-state index contributed by atoms with van der Waals surface area (Å²) >= 11 is 3.26. The van der Waals surface area contributed by atoms with Gasteiger partial charge in [0.1, 0.15) is 0 Å². The van der Waals surface area contributed by atoms with E-state index in [9.17, 15) is 9.90 Å². The maximum absolute atomic E-state index is 12.2. The van der Waals surface area contributed by atoms with Crippen molar-refractivity contribution in [2.75, 3.05) is 26.1 Å². The van der Waals surface area contributed by atoms with E-state index >= 15 is 0 Å². The zero-order valence-electron chi connectivity index (χ0n) is 13.2. The minimum Gasteiger partial charge on any atom is -0.503 e. The number of carbonyl (C=O) groups is 1. The molecule has 0 aliphatic heterocycles. The standard InChI is InChI=1S/C18H18BrNO3/c1-20(2)14-7-5-13(6-8-14)16(21)9-4-12-10-15(19)18(22)17(11-12)23-3/h4-11,22H,1-3H3. The van der Waals surface area contributed by atoms with Gasteiger partial charge in [0, 0.05) is 25.3 Å². The highest BCUT2D eigenvalue weighted by atomic mass is 79.9. The molecule has 0 aliphatic rings. The molecule has 0 amide bonds. The monoisotopic (exact) mass is 375 g/mol. The zero-order chi connectivity index (χ0) is 17.0. The van der Waals surface area contributed by atoms with Crippen LogP contribution in [0.1, 0.15) is 15.9 Å². The second-order valence-corrected chi connectivity index (χ2v) is 6.05. The number of halogens is 1. The first-order valence-corrected chi connectivity index (χ1v) is 7.78. The summed E-state index contributed by atoms with van der Waals surface area (Å²) in [5.41, 5.74) is 2.42. The van der Waals surface area contributed by atoms with Crippen LogP contribution in [0.2, 0.25) is 0 Å². The van der Waals surface area contributed by atoms with E-state index in [-0.39, 0.29) is 11.5 Å². The summed E-state index contributed by atoms with van der Waals surface area (Å²) in [5.74, 6) is 0.301. The van der Waals surface area contributed by atoms with Crippen molar-refractivity contribution < 1.29 is 14.6 Å². The molecule has 5 heteroatoms. The zero-order valence-corrected chi connectivity index (χ0v) is 14.8. The van der Waals surface area contributed by atoms with E-state index in [0.717, 1.165) is 11.3 Å². The van der Waals surface area contributed by atoms with Crippen molar-refractivity contribution in [3.8, 4) is 11.5 Å². The van der Waals surface area contributed by atoms with Crippen LogP contribution in [0.4, 0.5) is 5.69 Å². The summed E-state index contributed by atoms with van der Waals surface area (Å²) in [5, 5.41) is 9.78. The number of hydrogen-bond donors (Lipinski definition) is 1. The third kappa shape index (κ3) is 4.13. The molecule has 0 aromatic heterocycles. The lowest BCUT2D eigenvalue weighted by Crippen LogP contribution is -2.08. The summed E-state index contributed by atoms with van der Waals surface area (Å²) in [7, 11) is 5.38. The molecule has 1 N–H and O–H groups in total. The molecule has 120 valence electrons. The highest BCUT2D eigenvalue weighted by Crippen LogP contribution is 2.35. The van der Waals surface area contributed by atoms with Gasteiger partial charge in [0.25, 0.3) is 0 Å². The number of methoxy groups -OCH3 is 1. The maximum Gasteiger partial charge on any atom is 0.185 e. The highest BCUT2D eigenvalue weighted by molar-refractivity contribution is 9.10. The number of carbonyl (C=O) groups excluding carboxylic acids is 1. The Morgan fingerprint density at radius 3 is 2.43 bits per heavy atom. The van der Waals surface area contributed by atoms with Gasteiger partial charge in [-0.1, -0.05) is 6.08 Å². The number of allylic oxidation sites excluding steroid dienone is 1. The molecule has 0 spiro atoms. The van der Waals surface area contributed by atoms with E-state index in [1.807, 2.05) is 31.1 Å². The second kappa shape index (κ2) is 7.33. The van der Waals surface area contributed by atoms with Gasteiger partial charge >= 0.3 is 0 Å². The summed E-state index contributed by atoms with van der Waals surface area (Å²) in [6.45, 7) is 0. The number of anilines is 1. The largest absolute Gasteiger partial charge is 0.503 e. The van der Waals surface area contributed by atoms with E-state index < -0.39 is 0 Å². The molecule has 0 saturated heterocycles. The Kier molecular flexibility index (Phi) is 5.45. The number of aromatic hydroxyl groups is 1. The Morgan fingerprint density at radius 2 is 1.87 bits per heavy atom. The Bertz CT molecular complexity index is 737. The van der Waals surface area contributed by atoms with Crippen LogP contribution in [-0.2, 0) is 0 Å². The maximum atomic E-state index is 12.2. The van der Waals surface area contributed by atoms with Crippen LogP contribution >= 0.6 is 15.9 Å². The molecule has 0 bridgehead atoms. The van der Waals surface area contributed by atoms with E-state index in [4.69, 9.17) is 4.74 Å². The first kappa shape index (κ1) is 17.1. The molecule has 0 unspecified atom stereocenters. The van der Waals surface area contributed by atoms with Gasteiger partial charge in [-0.15, -0.1) is 0 Å². The van der Waals surface area contributed by atoms with Gasteiger partial charge in [-0.05, 0) is 64.0 Å². The number of benzene rings is 2. The molecular formula is C18H18BrNO3. The molecular weight excluding hydrogens is 358 g/mol. The van der Waals surface area contributed by atoms with Gasteiger partial charge in [0.2, 0.25) is 0 Å². The van der Waals surface area contributed by atoms with Crippen molar-refractivity contribution in [2.45, 2.75) is 0 Å². The van der Waals surface area contributed by atoms with Crippen LogP contribution in [0, 0.1) is 0 Å². The second-order valence-electron chi connectivity index (χ2n) is 5.19. The molecule has 2 rings (SSSR count). The number of hydrogen-bond acceptors (Lipinski definition) is 4. The van der Waals surface area contributed by atoms with Crippen LogP contribution < -0.4 is 9.64 Å². The molecule has 23 heavy (non-hydrogen) atoms. The lowest BCUT2D eigenvalue weighted by Gasteiger charge is -2.11. The van der Waals surface area contributed by atoms with Crippen molar-refractivity contribution >= 4 is 33.5 Å². The van der Waals surface area contributed by atoms with E-state index in [1.165, 1.54) is 13.2 Å². The molecule has 0 fully saturated rings. The van der Waals surface area contributed by atoms with Crippen LogP contribution in [0.15, 0.2) is 46.9 Å². The highest BCUT2D eigenvalue weighted by Gasteiger charge is 2.08. The summed E-state index contributed by atoms with van der Waals surface area (Å²) in [6.07, 6.45) is 3.19. The number of rotatable bonds is 5. The van der Waals surface area contributed by atoms with Crippen LogP contribution in [-0.4, -0.2) is 32.1 Å². The summed E-state index contributed by atoms with van der Waals surface area (Å²) in [6, 6.07) is 10.8. The molecule has 0 aliphatic carbocycles. The Morgan fingerprint density at radius 1 is 1.22 bits per heavy atom. The van der Waals surface area contributed by atoms with Crippen molar-refractivity contribution in [1.82, 2.24) is 0 Å². The Hall–Kier alpha value is -2.27. The van der Waals surface area contributed by atoms with Gasteiger partial charge in [0.05, 0.1) is 11.6 Å². The van der Waals surface area contributed by atoms with E-state index in [2.05, 4.69) is 15.9 Å². The third-order valence-electron chi connectivity index (χ3n) is 3.37. The van der Waals surface area contributed by atoms with Crippen molar-refractivity contribution in [1.29, 1.82) is 0 Å². The van der Waals surface area contributed by atoms with Crippen molar-refractivity contribution in [2.24, 2.45) is 0 Å². The van der Waals surface area contributed by atoms with Crippen molar-refractivity contribution in [3.63, 3.8) is 0 Å². The van der Waals surface area contributed by atoms with Gasteiger partial charge in [-0.2, -0.15) is 0 Å². The number of nitrogens with zero attached hydrogens (tertiary/aromatic N) is 1. The van der Waals surface area contributed by atoms with Crippen LogP contribution in [0.25, 0.3) is 6.08 Å². The molecule has 0 saturated carbocycles. The molecule has 4 nitrogen and oxygen atoms in total. The average Bonchev–Trinajstić information content (AvgIpc) is 2.55. The first-order valence-electron chi connectivity index (χ1n) is 6.98. The smallest absolute Gasteiger partial charge is 0.185 e. The number of phenols is 1. The normalized spacial score (nSPS) is 10.8. The van der Waals surface area contributed by atoms with Crippen molar-refractivity contribution in [3.05, 3.63) is 58.1 Å². The number of ketones is 1. The van der Waals surface area contributed by atoms with E-state index in [1.54, 1.807) is 30.3 Å². The number of ether oxygens (including phenoxy) is 1. The Labute approximate surface area is 144 Å². The van der Waals surface area contributed by atoms with E-state index in [0.29, 0.717) is 15.8 Å². The summed E-state index contributed by atoms with van der Waals surface area (Å²) < 4.78 is 5.60. The fourth-order valence-corrected chi connectivity index (χ4v) is 2.50. The summed E-state index contributed by atoms with van der Waals surface area (Å²) in [4.78, 5) is 14.2. The predicted molar refractivity (Wildman–Crippen MR) is 96.5 cm³/mol.